The molecule has 0 radical (unpaired) electrons. The summed E-state index contributed by atoms with van der Waals surface area (Å²) in [5, 5.41) is 7.62. The summed E-state index contributed by atoms with van der Waals surface area (Å²) < 4.78 is 31.6. The minimum atomic E-state index is -3.65. The summed E-state index contributed by atoms with van der Waals surface area (Å²) >= 11 is 1.16. The van der Waals surface area contributed by atoms with Crippen molar-refractivity contribution < 1.29 is 17.9 Å². The third-order valence-corrected chi connectivity index (χ3v) is 5.83. The summed E-state index contributed by atoms with van der Waals surface area (Å²) in [6.07, 6.45) is 1.68. The molecule has 0 bridgehead atoms. The Morgan fingerprint density at radius 1 is 1.42 bits per heavy atom. The van der Waals surface area contributed by atoms with Gasteiger partial charge >= 0.3 is 5.97 Å². The summed E-state index contributed by atoms with van der Waals surface area (Å²) in [5.74, 6) is -1.07. The number of carbonyl (C=O) groups is 1. The molecule has 0 aromatic carbocycles. The Hall–Kier alpha value is -1.22. The molecule has 9 heteroatoms. The van der Waals surface area contributed by atoms with Gasteiger partial charge in [0.2, 0.25) is 15.2 Å². The molecule has 1 saturated carbocycles. The van der Waals surface area contributed by atoms with E-state index in [1.807, 2.05) is 0 Å². The molecule has 2 unspecified atom stereocenters. The summed E-state index contributed by atoms with van der Waals surface area (Å²) in [5.41, 5.74) is 0. The second kappa shape index (κ2) is 5.41. The zero-order chi connectivity index (χ0) is 14.0. The Morgan fingerprint density at radius 2 is 2.16 bits per heavy atom. The number of hydrogen-bond acceptors (Lipinski definition) is 7. The van der Waals surface area contributed by atoms with E-state index in [2.05, 4.69) is 19.7 Å². The SMILES string of the molecule is COC(=O)C1CCCC1S(=O)(=O)Nc1nnc(C)s1. The van der Waals surface area contributed by atoms with Crippen molar-refractivity contribution in [1.29, 1.82) is 0 Å². The fraction of sp³-hybridized carbons (Fsp3) is 0.700. The molecule has 1 aromatic rings. The first-order valence-electron chi connectivity index (χ1n) is 5.83. The molecule has 1 fully saturated rings. The standard InChI is InChI=1S/C10H15N3O4S2/c1-6-11-12-10(18-6)13-19(15,16)8-5-3-4-7(8)9(14)17-2/h7-8H,3-5H2,1-2H3,(H,12,13). The Morgan fingerprint density at radius 3 is 2.74 bits per heavy atom. The van der Waals surface area contributed by atoms with E-state index in [-0.39, 0.29) is 5.13 Å². The van der Waals surface area contributed by atoms with Crippen LogP contribution >= 0.6 is 11.3 Å². The largest absolute Gasteiger partial charge is 0.469 e. The van der Waals surface area contributed by atoms with Crippen LogP contribution in [0.4, 0.5) is 5.13 Å². The van der Waals surface area contributed by atoms with Gasteiger partial charge in [0.1, 0.15) is 5.01 Å². The molecule has 0 spiro atoms. The van der Waals surface area contributed by atoms with Gasteiger partial charge in [-0.25, -0.2) is 8.42 Å². The molecule has 1 aliphatic carbocycles. The number of nitrogens with one attached hydrogen (secondary N) is 1. The van der Waals surface area contributed by atoms with Crippen LogP contribution in [0.5, 0.6) is 0 Å². The van der Waals surface area contributed by atoms with Crippen LogP contribution in [0, 0.1) is 12.8 Å². The quantitative estimate of drug-likeness (QED) is 0.831. The van der Waals surface area contributed by atoms with Crippen LogP contribution in [0.1, 0.15) is 24.3 Å². The van der Waals surface area contributed by atoms with Crippen molar-refractivity contribution in [2.75, 3.05) is 11.8 Å². The predicted molar refractivity (Wildman–Crippen MR) is 70.3 cm³/mol. The number of aromatic nitrogens is 2. The predicted octanol–water partition coefficient (Wildman–Crippen LogP) is 0.930. The smallest absolute Gasteiger partial charge is 0.310 e. The Kier molecular flexibility index (Phi) is 4.04. The minimum Gasteiger partial charge on any atom is -0.469 e. The van der Waals surface area contributed by atoms with E-state index < -0.39 is 27.2 Å². The fourth-order valence-corrected chi connectivity index (χ4v) is 4.80. The topological polar surface area (TPSA) is 98.2 Å². The number of methoxy groups -OCH3 is 1. The van der Waals surface area contributed by atoms with E-state index in [9.17, 15) is 13.2 Å². The number of nitrogens with zero attached hydrogens (tertiary/aromatic N) is 2. The van der Waals surface area contributed by atoms with Gasteiger partial charge in [-0.2, -0.15) is 0 Å². The average molecular weight is 305 g/mol. The molecule has 2 atom stereocenters. The van der Waals surface area contributed by atoms with Crippen molar-refractivity contribution in [3.8, 4) is 0 Å². The number of aryl methyl sites for hydroxylation is 1. The molecule has 0 saturated heterocycles. The van der Waals surface area contributed by atoms with Crippen molar-refractivity contribution in [2.24, 2.45) is 5.92 Å². The van der Waals surface area contributed by atoms with E-state index in [4.69, 9.17) is 0 Å². The Bertz CT molecular complexity index is 569. The monoisotopic (exact) mass is 305 g/mol. The first kappa shape index (κ1) is 14.2. The summed E-state index contributed by atoms with van der Waals surface area (Å²) in [7, 11) is -2.38. The number of anilines is 1. The molecule has 19 heavy (non-hydrogen) atoms. The number of esters is 1. The van der Waals surface area contributed by atoms with Crippen LogP contribution in [0.15, 0.2) is 0 Å². The molecule has 1 heterocycles. The number of hydrogen-bond donors (Lipinski definition) is 1. The van der Waals surface area contributed by atoms with Gasteiger partial charge in [0.25, 0.3) is 0 Å². The molecule has 1 aromatic heterocycles. The van der Waals surface area contributed by atoms with Gasteiger partial charge in [0, 0.05) is 0 Å². The van der Waals surface area contributed by atoms with Crippen molar-refractivity contribution in [3.05, 3.63) is 5.01 Å². The van der Waals surface area contributed by atoms with Gasteiger partial charge in [-0.3, -0.25) is 9.52 Å². The fourth-order valence-electron chi connectivity index (χ4n) is 2.25. The Labute approximate surface area is 115 Å². The van der Waals surface area contributed by atoms with Crippen molar-refractivity contribution in [3.63, 3.8) is 0 Å². The van der Waals surface area contributed by atoms with Crippen LogP contribution in [0.3, 0.4) is 0 Å². The van der Waals surface area contributed by atoms with Crippen LogP contribution in [-0.2, 0) is 19.6 Å². The molecule has 7 nitrogen and oxygen atoms in total. The van der Waals surface area contributed by atoms with Crippen LogP contribution in [0.25, 0.3) is 0 Å². The lowest BCUT2D eigenvalue weighted by molar-refractivity contribution is -0.145. The van der Waals surface area contributed by atoms with E-state index in [0.717, 1.165) is 11.3 Å². The highest BCUT2D eigenvalue weighted by Gasteiger charge is 2.42. The van der Waals surface area contributed by atoms with Crippen molar-refractivity contribution in [2.45, 2.75) is 31.4 Å². The molecular formula is C10H15N3O4S2. The van der Waals surface area contributed by atoms with Crippen molar-refractivity contribution >= 4 is 32.5 Å². The van der Waals surface area contributed by atoms with Gasteiger partial charge in [-0.05, 0) is 19.8 Å². The molecule has 1 N–H and O–H groups in total. The van der Waals surface area contributed by atoms with Gasteiger partial charge in [0.05, 0.1) is 18.3 Å². The molecular weight excluding hydrogens is 290 g/mol. The second-order valence-corrected chi connectivity index (χ2v) is 7.45. The van der Waals surface area contributed by atoms with Gasteiger partial charge in [-0.1, -0.05) is 17.8 Å². The maximum atomic E-state index is 12.3. The average Bonchev–Trinajstić information content (AvgIpc) is 2.97. The van der Waals surface area contributed by atoms with Crippen LogP contribution in [0.2, 0.25) is 0 Å². The van der Waals surface area contributed by atoms with Crippen molar-refractivity contribution in [1.82, 2.24) is 10.2 Å². The zero-order valence-corrected chi connectivity index (χ0v) is 12.3. The van der Waals surface area contributed by atoms with Crippen LogP contribution in [-0.4, -0.2) is 36.9 Å². The molecule has 0 aliphatic heterocycles. The lowest BCUT2D eigenvalue weighted by atomic mass is 10.1. The van der Waals surface area contributed by atoms with E-state index in [1.54, 1.807) is 6.92 Å². The highest BCUT2D eigenvalue weighted by molar-refractivity contribution is 7.93. The highest BCUT2D eigenvalue weighted by Crippen LogP contribution is 2.33. The second-order valence-electron chi connectivity index (χ2n) is 4.37. The number of sulfonamides is 1. The first-order chi connectivity index (χ1) is 8.94. The minimum absolute atomic E-state index is 0.230. The Balaban J connectivity index is 2.17. The van der Waals surface area contributed by atoms with E-state index in [1.165, 1.54) is 7.11 Å². The van der Waals surface area contributed by atoms with Gasteiger partial charge in [0.15, 0.2) is 0 Å². The molecule has 106 valence electrons. The number of ether oxygens (including phenoxy) is 1. The summed E-state index contributed by atoms with van der Waals surface area (Å²) in [6, 6.07) is 0. The van der Waals surface area contributed by atoms with Gasteiger partial charge in [-0.15, -0.1) is 10.2 Å². The molecule has 0 amide bonds. The maximum absolute atomic E-state index is 12.3. The third-order valence-electron chi connectivity index (χ3n) is 3.11. The lowest BCUT2D eigenvalue weighted by Crippen LogP contribution is -2.35. The molecule has 2 rings (SSSR count). The first-order valence-corrected chi connectivity index (χ1v) is 8.20. The van der Waals surface area contributed by atoms with E-state index >= 15 is 0 Å². The molecule has 1 aliphatic rings. The zero-order valence-electron chi connectivity index (χ0n) is 10.6. The highest BCUT2D eigenvalue weighted by atomic mass is 32.2. The number of rotatable bonds is 4. The van der Waals surface area contributed by atoms with E-state index in [0.29, 0.717) is 24.3 Å². The summed E-state index contributed by atoms with van der Waals surface area (Å²) in [6.45, 7) is 1.74. The maximum Gasteiger partial charge on any atom is 0.310 e. The third kappa shape index (κ3) is 3.03. The normalized spacial score (nSPS) is 23.3. The number of carbonyl (C=O) groups excluding carboxylic acids is 1. The lowest BCUT2D eigenvalue weighted by Gasteiger charge is -2.17. The van der Waals surface area contributed by atoms with Gasteiger partial charge < -0.3 is 4.74 Å². The summed E-state index contributed by atoms with van der Waals surface area (Å²) in [4.78, 5) is 11.6. The van der Waals surface area contributed by atoms with Crippen LogP contribution < -0.4 is 4.72 Å².